The molecule has 0 atom stereocenters. The standard InChI is InChI=1S/C14H22ClN3/c1-4-16-14(18-11(2)3)17-9-8-12-6-5-7-13(15)10-12/h5-7,10-11H,4,8-9H2,1-3H3,(H2,16,17,18). The maximum atomic E-state index is 5.94. The van der Waals surface area contributed by atoms with Crippen LogP contribution in [0.2, 0.25) is 5.02 Å². The molecule has 0 spiro atoms. The zero-order chi connectivity index (χ0) is 13.4. The summed E-state index contributed by atoms with van der Waals surface area (Å²) in [6, 6.07) is 8.30. The molecule has 0 aliphatic rings. The quantitative estimate of drug-likeness (QED) is 0.636. The van der Waals surface area contributed by atoms with Crippen LogP contribution in [-0.2, 0) is 6.42 Å². The molecule has 0 radical (unpaired) electrons. The predicted molar refractivity (Wildman–Crippen MR) is 79.4 cm³/mol. The smallest absolute Gasteiger partial charge is 0.191 e. The highest BCUT2D eigenvalue weighted by Crippen LogP contribution is 2.10. The summed E-state index contributed by atoms with van der Waals surface area (Å²) in [4.78, 5) is 4.53. The minimum Gasteiger partial charge on any atom is -0.357 e. The summed E-state index contributed by atoms with van der Waals surface area (Å²) in [6.07, 6.45) is 0.898. The normalized spacial score (nSPS) is 11.7. The lowest BCUT2D eigenvalue weighted by atomic mass is 10.1. The van der Waals surface area contributed by atoms with Crippen molar-refractivity contribution < 1.29 is 0 Å². The van der Waals surface area contributed by atoms with Crippen molar-refractivity contribution in [1.29, 1.82) is 0 Å². The number of nitrogens with zero attached hydrogens (tertiary/aromatic N) is 1. The molecule has 0 saturated carbocycles. The summed E-state index contributed by atoms with van der Waals surface area (Å²) in [7, 11) is 0. The number of aliphatic imine (C=N–C) groups is 1. The molecule has 1 aromatic rings. The SMILES string of the molecule is CCNC(=NCCc1cccc(Cl)c1)NC(C)C. The van der Waals surface area contributed by atoms with E-state index in [1.807, 2.05) is 18.2 Å². The predicted octanol–water partition coefficient (Wildman–Crippen LogP) is 2.85. The Morgan fingerprint density at radius 2 is 2.17 bits per heavy atom. The highest BCUT2D eigenvalue weighted by molar-refractivity contribution is 6.30. The lowest BCUT2D eigenvalue weighted by molar-refractivity contribution is 0.700. The number of benzene rings is 1. The van der Waals surface area contributed by atoms with Gasteiger partial charge in [0.05, 0.1) is 0 Å². The maximum Gasteiger partial charge on any atom is 0.191 e. The Hall–Kier alpha value is -1.22. The monoisotopic (exact) mass is 267 g/mol. The van der Waals surface area contributed by atoms with E-state index in [1.54, 1.807) is 0 Å². The lowest BCUT2D eigenvalue weighted by Gasteiger charge is -2.13. The Labute approximate surface area is 115 Å². The molecule has 0 amide bonds. The number of nitrogens with one attached hydrogen (secondary N) is 2. The Kier molecular flexibility index (Phi) is 6.58. The van der Waals surface area contributed by atoms with Gasteiger partial charge >= 0.3 is 0 Å². The molecule has 2 N–H and O–H groups in total. The van der Waals surface area contributed by atoms with E-state index in [-0.39, 0.29) is 0 Å². The first-order valence-electron chi connectivity index (χ1n) is 6.41. The molecule has 0 saturated heterocycles. The summed E-state index contributed by atoms with van der Waals surface area (Å²) < 4.78 is 0. The van der Waals surface area contributed by atoms with Crippen molar-refractivity contribution in [3.8, 4) is 0 Å². The molecule has 1 aromatic carbocycles. The second-order valence-corrected chi connectivity index (χ2v) is 4.88. The van der Waals surface area contributed by atoms with Crippen molar-refractivity contribution >= 4 is 17.6 Å². The average molecular weight is 268 g/mol. The van der Waals surface area contributed by atoms with Gasteiger partial charge in [-0.1, -0.05) is 23.7 Å². The van der Waals surface area contributed by atoms with Gasteiger partial charge in [0.1, 0.15) is 0 Å². The molecule has 0 aliphatic carbocycles. The van der Waals surface area contributed by atoms with Gasteiger partial charge in [-0.3, -0.25) is 4.99 Å². The Morgan fingerprint density at radius 1 is 1.39 bits per heavy atom. The fourth-order valence-corrected chi connectivity index (χ4v) is 1.80. The molecule has 0 heterocycles. The Bertz CT molecular complexity index is 388. The van der Waals surface area contributed by atoms with E-state index in [0.717, 1.165) is 30.5 Å². The third-order valence-corrected chi connectivity index (χ3v) is 2.56. The van der Waals surface area contributed by atoms with Crippen LogP contribution >= 0.6 is 11.6 Å². The molecule has 0 aromatic heterocycles. The topological polar surface area (TPSA) is 36.4 Å². The highest BCUT2D eigenvalue weighted by atomic mass is 35.5. The number of rotatable bonds is 5. The number of guanidine groups is 1. The summed E-state index contributed by atoms with van der Waals surface area (Å²) >= 11 is 5.94. The number of hydrogen-bond acceptors (Lipinski definition) is 1. The van der Waals surface area contributed by atoms with Crippen LogP contribution in [0, 0.1) is 0 Å². The second-order valence-electron chi connectivity index (χ2n) is 4.44. The number of hydrogen-bond donors (Lipinski definition) is 2. The minimum atomic E-state index is 0.383. The fraction of sp³-hybridized carbons (Fsp3) is 0.500. The first kappa shape index (κ1) is 14.8. The van der Waals surface area contributed by atoms with Crippen LogP contribution in [0.15, 0.2) is 29.3 Å². The van der Waals surface area contributed by atoms with E-state index in [1.165, 1.54) is 5.56 Å². The van der Waals surface area contributed by atoms with E-state index in [0.29, 0.717) is 6.04 Å². The van der Waals surface area contributed by atoms with Crippen molar-refractivity contribution in [2.24, 2.45) is 4.99 Å². The molecule has 0 unspecified atom stereocenters. The van der Waals surface area contributed by atoms with Gasteiger partial charge in [-0.2, -0.15) is 0 Å². The molecule has 0 aliphatic heterocycles. The van der Waals surface area contributed by atoms with Gasteiger partial charge in [0.15, 0.2) is 5.96 Å². The van der Waals surface area contributed by atoms with Crippen molar-refractivity contribution in [2.75, 3.05) is 13.1 Å². The van der Waals surface area contributed by atoms with Crippen LogP contribution in [0.4, 0.5) is 0 Å². The molecule has 100 valence electrons. The van der Waals surface area contributed by atoms with Gasteiger partial charge in [0.2, 0.25) is 0 Å². The third kappa shape index (κ3) is 5.92. The average Bonchev–Trinajstić information content (AvgIpc) is 2.28. The molecule has 0 fully saturated rings. The van der Waals surface area contributed by atoms with Gasteiger partial charge in [-0.05, 0) is 44.9 Å². The summed E-state index contributed by atoms with van der Waals surface area (Å²) in [5.41, 5.74) is 1.21. The summed E-state index contributed by atoms with van der Waals surface area (Å²) in [6.45, 7) is 7.89. The third-order valence-electron chi connectivity index (χ3n) is 2.33. The molecule has 1 rings (SSSR count). The molecule has 4 heteroatoms. The second kappa shape index (κ2) is 7.98. The van der Waals surface area contributed by atoms with Crippen LogP contribution < -0.4 is 10.6 Å². The van der Waals surface area contributed by atoms with Crippen LogP contribution in [0.3, 0.4) is 0 Å². The van der Waals surface area contributed by atoms with E-state index >= 15 is 0 Å². The summed E-state index contributed by atoms with van der Waals surface area (Å²) in [5.74, 6) is 0.870. The first-order chi connectivity index (χ1) is 8.61. The van der Waals surface area contributed by atoms with Crippen LogP contribution in [-0.4, -0.2) is 25.1 Å². The number of halogens is 1. The lowest BCUT2D eigenvalue weighted by Crippen LogP contribution is -2.41. The van der Waals surface area contributed by atoms with Crippen LogP contribution in [0.25, 0.3) is 0 Å². The van der Waals surface area contributed by atoms with Gasteiger partial charge in [0, 0.05) is 24.2 Å². The zero-order valence-corrected chi connectivity index (χ0v) is 12.1. The Morgan fingerprint density at radius 3 is 2.78 bits per heavy atom. The molecule has 3 nitrogen and oxygen atoms in total. The van der Waals surface area contributed by atoms with Crippen molar-refractivity contribution in [2.45, 2.75) is 33.2 Å². The van der Waals surface area contributed by atoms with Crippen molar-refractivity contribution in [1.82, 2.24) is 10.6 Å². The zero-order valence-electron chi connectivity index (χ0n) is 11.3. The van der Waals surface area contributed by atoms with E-state index < -0.39 is 0 Å². The van der Waals surface area contributed by atoms with E-state index in [9.17, 15) is 0 Å². The molecular formula is C14H22ClN3. The first-order valence-corrected chi connectivity index (χ1v) is 6.79. The fourth-order valence-electron chi connectivity index (χ4n) is 1.58. The van der Waals surface area contributed by atoms with Crippen LogP contribution in [0.5, 0.6) is 0 Å². The van der Waals surface area contributed by atoms with Crippen LogP contribution in [0.1, 0.15) is 26.3 Å². The van der Waals surface area contributed by atoms with Crippen molar-refractivity contribution in [3.05, 3.63) is 34.9 Å². The molecular weight excluding hydrogens is 246 g/mol. The van der Waals surface area contributed by atoms with E-state index in [4.69, 9.17) is 11.6 Å². The van der Waals surface area contributed by atoms with Gasteiger partial charge < -0.3 is 10.6 Å². The Balaban J connectivity index is 2.50. The highest BCUT2D eigenvalue weighted by Gasteiger charge is 1.99. The minimum absolute atomic E-state index is 0.383. The van der Waals surface area contributed by atoms with Crippen molar-refractivity contribution in [3.63, 3.8) is 0 Å². The van der Waals surface area contributed by atoms with Gasteiger partial charge in [-0.15, -0.1) is 0 Å². The van der Waals surface area contributed by atoms with Gasteiger partial charge in [-0.25, -0.2) is 0 Å². The largest absolute Gasteiger partial charge is 0.357 e. The summed E-state index contributed by atoms with van der Waals surface area (Å²) in [5, 5.41) is 7.30. The van der Waals surface area contributed by atoms with E-state index in [2.05, 4.69) is 42.5 Å². The maximum absolute atomic E-state index is 5.94. The molecule has 0 bridgehead atoms. The van der Waals surface area contributed by atoms with Gasteiger partial charge in [0.25, 0.3) is 0 Å². The molecule has 18 heavy (non-hydrogen) atoms.